The Morgan fingerprint density at radius 1 is 1.04 bits per heavy atom. The van der Waals surface area contributed by atoms with Gasteiger partial charge in [-0.3, -0.25) is 19.8 Å². The molecule has 1 heterocycles. The van der Waals surface area contributed by atoms with Gasteiger partial charge in [-0.2, -0.15) is 0 Å². The smallest absolute Gasteiger partial charge is 0.267 e. The summed E-state index contributed by atoms with van der Waals surface area (Å²) < 4.78 is 0. The molecular weight excluding hydrogens is 330 g/mol. The van der Waals surface area contributed by atoms with Gasteiger partial charge < -0.3 is 5.32 Å². The highest BCUT2D eigenvalue weighted by Crippen LogP contribution is 2.19. The van der Waals surface area contributed by atoms with Gasteiger partial charge in [-0.15, -0.1) is 0 Å². The zero-order valence-corrected chi connectivity index (χ0v) is 13.8. The summed E-state index contributed by atoms with van der Waals surface area (Å²) in [5, 5.41) is 13.4. The molecule has 0 aliphatic rings. The van der Waals surface area contributed by atoms with Gasteiger partial charge in [0.25, 0.3) is 5.91 Å². The van der Waals surface area contributed by atoms with Crippen molar-refractivity contribution in [1.82, 2.24) is 10.5 Å². The van der Waals surface area contributed by atoms with Gasteiger partial charge in [0, 0.05) is 6.08 Å². The van der Waals surface area contributed by atoms with Crippen LogP contribution in [0.4, 0.5) is 5.69 Å². The fraction of sp³-hybridized carbons (Fsp3) is 0.0500. The highest BCUT2D eigenvalue weighted by molar-refractivity contribution is 5.96. The molecule has 0 unspecified atom stereocenters. The molecule has 3 N–H and O–H groups in total. The van der Waals surface area contributed by atoms with Gasteiger partial charge in [0.15, 0.2) is 0 Å². The number of benzene rings is 2. The lowest BCUT2D eigenvalue weighted by atomic mass is 10.0. The third-order valence-electron chi connectivity index (χ3n) is 3.82. The third-order valence-corrected chi connectivity index (χ3v) is 3.82. The predicted molar refractivity (Wildman–Crippen MR) is 99.5 cm³/mol. The summed E-state index contributed by atoms with van der Waals surface area (Å²) in [7, 11) is 0. The average Bonchev–Trinajstić information content (AvgIpc) is 2.67. The Balaban J connectivity index is 1.66. The first-order valence-electron chi connectivity index (χ1n) is 8.00. The summed E-state index contributed by atoms with van der Waals surface area (Å²) in [6, 6.07) is 17.2. The molecule has 0 atom stereocenters. The van der Waals surface area contributed by atoms with Gasteiger partial charge in [0.05, 0.1) is 24.0 Å². The maximum Gasteiger partial charge on any atom is 0.267 e. The van der Waals surface area contributed by atoms with Crippen LogP contribution in [0.3, 0.4) is 0 Å². The van der Waals surface area contributed by atoms with Crippen molar-refractivity contribution >= 4 is 34.4 Å². The van der Waals surface area contributed by atoms with Crippen molar-refractivity contribution in [2.45, 2.75) is 6.42 Å². The van der Waals surface area contributed by atoms with Crippen molar-refractivity contribution in [3.63, 3.8) is 0 Å². The Morgan fingerprint density at radius 2 is 1.85 bits per heavy atom. The number of aromatic nitrogens is 1. The number of nitrogens with one attached hydrogen (secondary N) is 2. The number of carbonyl (C=O) groups is 2. The van der Waals surface area contributed by atoms with Gasteiger partial charge in [-0.05, 0) is 34.5 Å². The molecule has 0 saturated carbocycles. The van der Waals surface area contributed by atoms with E-state index in [0.717, 1.165) is 22.4 Å². The Labute approximate surface area is 150 Å². The summed E-state index contributed by atoms with van der Waals surface area (Å²) in [6.45, 7) is 0. The standard InChI is InChI=1S/C20H17N3O3/c24-19(23-26)11-10-16-8-9-17(13-21-16)22-20(25)12-15-6-3-5-14-4-1-2-7-18(14)15/h1-11,13,26H,12H2,(H,22,25)(H,23,24)/b11-10+. The first kappa shape index (κ1) is 17.3. The fourth-order valence-electron chi connectivity index (χ4n) is 2.60. The number of pyridine rings is 1. The summed E-state index contributed by atoms with van der Waals surface area (Å²) in [5.41, 5.74) is 3.56. The van der Waals surface area contributed by atoms with Crippen LogP contribution in [0.15, 0.2) is 66.9 Å². The fourth-order valence-corrected chi connectivity index (χ4v) is 2.60. The van der Waals surface area contributed by atoms with Crippen molar-refractivity contribution < 1.29 is 14.8 Å². The lowest BCUT2D eigenvalue weighted by molar-refractivity contribution is -0.124. The molecule has 0 bridgehead atoms. The molecule has 2 aromatic carbocycles. The van der Waals surface area contributed by atoms with Crippen molar-refractivity contribution in [1.29, 1.82) is 0 Å². The number of nitrogens with zero attached hydrogens (tertiary/aromatic N) is 1. The highest BCUT2D eigenvalue weighted by Gasteiger charge is 2.07. The van der Waals surface area contributed by atoms with Gasteiger partial charge in [0.2, 0.25) is 5.91 Å². The normalized spacial score (nSPS) is 10.8. The van der Waals surface area contributed by atoms with Crippen LogP contribution in [0, 0.1) is 0 Å². The molecule has 0 aliphatic carbocycles. The average molecular weight is 347 g/mol. The monoisotopic (exact) mass is 347 g/mol. The quantitative estimate of drug-likeness (QED) is 0.376. The molecule has 6 nitrogen and oxygen atoms in total. The van der Waals surface area contributed by atoms with Crippen LogP contribution in [0.25, 0.3) is 16.8 Å². The van der Waals surface area contributed by atoms with Crippen LogP contribution in [0.1, 0.15) is 11.3 Å². The van der Waals surface area contributed by atoms with Crippen LogP contribution >= 0.6 is 0 Å². The topological polar surface area (TPSA) is 91.3 Å². The molecular formula is C20H17N3O3. The summed E-state index contributed by atoms with van der Waals surface area (Å²) >= 11 is 0. The molecule has 6 heteroatoms. The lowest BCUT2D eigenvalue weighted by Crippen LogP contribution is -2.15. The largest absolute Gasteiger partial charge is 0.324 e. The van der Waals surface area contributed by atoms with Crippen LogP contribution < -0.4 is 10.8 Å². The number of anilines is 1. The minimum Gasteiger partial charge on any atom is -0.324 e. The van der Waals surface area contributed by atoms with Gasteiger partial charge >= 0.3 is 0 Å². The van der Waals surface area contributed by atoms with E-state index in [-0.39, 0.29) is 12.3 Å². The SMILES string of the molecule is O=C(/C=C/c1ccc(NC(=O)Cc2cccc3ccccc23)cn1)NO. The van der Waals surface area contributed by atoms with Crippen molar-refractivity contribution in [3.8, 4) is 0 Å². The second-order valence-corrected chi connectivity index (χ2v) is 5.64. The number of carbonyl (C=O) groups excluding carboxylic acids is 2. The van der Waals surface area contributed by atoms with Gasteiger partial charge in [0.1, 0.15) is 0 Å². The van der Waals surface area contributed by atoms with Crippen molar-refractivity contribution in [3.05, 3.63) is 78.1 Å². The van der Waals surface area contributed by atoms with Crippen LogP contribution in [0.2, 0.25) is 0 Å². The molecule has 3 aromatic rings. The molecule has 130 valence electrons. The third kappa shape index (κ3) is 4.31. The molecule has 0 saturated heterocycles. The molecule has 26 heavy (non-hydrogen) atoms. The van der Waals surface area contributed by atoms with Crippen LogP contribution in [0.5, 0.6) is 0 Å². The van der Waals surface area contributed by atoms with E-state index in [1.165, 1.54) is 17.8 Å². The molecule has 0 radical (unpaired) electrons. The molecule has 2 amide bonds. The maximum atomic E-state index is 12.3. The van der Waals surface area contributed by atoms with E-state index in [1.54, 1.807) is 12.1 Å². The number of fused-ring (bicyclic) bond motifs is 1. The molecule has 0 fully saturated rings. The van der Waals surface area contributed by atoms with E-state index >= 15 is 0 Å². The second-order valence-electron chi connectivity index (χ2n) is 5.64. The second kappa shape index (κ2) is 8.04. The number of hydrogen-bond acceptors (Lipinski definition) is 4. The summed E-state index contributed by atoms with van der Waals surface area (Å²) in [5.74, 6) is -0.773. The molecule has 0 aliphatic heterocycles. The maximum absolute atomic E-state index is 12.3. The van der Waals surface area contributed by atoms with E-state index in [9.17, 15) is 9.59 Å². The van der Waals surface area contributed by atoms with E-state index in [4.69, 9.17) is 5.21 Å². The van der Waals surface area contributed by atoms with E-state index < -0.39 is 5.91 Å². The lowest BCUT2D eigenvalue weighted by Gasteiger charge is -2.08. The Hall–Kier alpha value is -3.51. The van der Waals surface area contributed by atoms with E-state index in [0.29, 0.717) is 11.4 Å². The first-order valence-corrected chi connectivity index (χ1v) is 8.00. The van der Waals surface area contributed by atoms with Crippen molar-refractivity contribution in [2.24, 2.45) is 0 Å². The Kier molecular flexibility index (Phi) is 5.36. The number of rotatable bonds is 5. The molecule has 1 aromatic heterocycles. The summed E-state index contributed by atoms with van der Waals surface area (Å²) in [4.78, 5) is 27.4. The number of amides is 2. The van der Waals surface area contributed by atoms with Crippen molar-refractivity contribution in [2.75, 3.05) is 5.32 Å². The van der Waals surface area contributed by atoms with Crippen LogP contribution in [-0.2, 0) is 16.0 Å². The number of hydrogen-bond donors (Lipinski definition) is 3. The zero-order chi connectivity index (χ0) is 18.4. The van der Waals surface area contributed by atoms with E-state index in [1.807, 2.05) is 42.5 Å². The first-order chi connectivity index (χ1) is 12.7. The Bertz CT molecular complexity index is 960. The number of hydroxylamine groups is 1. The Morgan fingerprint density at radius 3 is 2.62 bits per heavy atom. The van der Waals surface area contributed by atoms with E-state index in [2.05, 4.69) is 10.3 Å². The zero-order valence-electron chi connectivity index (χ0n) is 13.8. The van der Waals surface area contributed by atoms with Gasteiger partial charge in [-0.25, -0.2) is 5.48 Å². The molecule has 0 spiro atoms. The minimum absolute atomic E-state index is 0.133. The highest BCUT2D eigenvalue weighted by atomic mass is 16.5. The van der Waals surface area contributed by atoms with Crippen LogP contribution in [-0.4, -0.2) is 22.0 Å². The van der Waals surface area contributed by atoms with Gasteiger partial charge in [-0.1, -0.05) is 42.5 Å². The summed E-state index contributed by atoms with van der Waals surface area (Å²) in [6.07, 6.45) is 4.38. The molecule has 3 rings (SSSR count). The minimum atomic E-state index is -0.640. The predicted octanol–water partition coefficient (Wildman–Crippen LogP) is 2.93.